The predicted molar refractivity (Wildman–Crippen MR) is 64.4 cm³/mol. The van der Waals surface area contributed by atoms with Crippen LogP contribution in [0.15, 0.2) is 0 Å². The van der Waals surface area contributed by atoms with E-state index in [0.717, 1.165) is 12.3 Å². The van der Waals surface area contributed by atoms with Gasteiger partial charge in [-0.3, -0.25) is 0 Å². The van der Waals surface area contributed by atoms with Gasteiger partial charge in [0.15, 0.2) is 0 Å². The summed E-state index contributed by atoms with van der Waals surface area (Å²) in [4.78, 5) is 0. The highest BCUT2D eigenvalue weighted by atomic mass is 33.1. The molecule has 0 aromatic rings. The Morgan fingerprint density at radius 1 is 1.38 bits per heavy atom. The summed E-state index contributed by atoms with van der Waals surface area (Å²) >= 11 is 0. The first-order valence-electron chi connectivity index (χ1n) is 4.63. The van der Waals surface area contributed by atoms with Crippen LogP contribution < -0.4 is 5.32 Å². The van der Waals surface area contributed by atoms with Crippen LogP contribution >= 0.6 is 21.6 Å². The minimum Gasteiger partial charge on any atom is -0.395 e. The number of hydrogen-bond donors (Lipinski definition) is 2. The first-order valence-corrected chi connectivity index (χ1v) is 6.95. The number of rotatable bonds is 7. The summed E-state index contributed by atoms with van der Waals surface area (Å²) in [5.41, 5.74) is 0. The predicted octanol–water partition coefficient (Wildman–Crippen LogP) is 2.14. The second-order valence-corrected chi connectivity index (χ2v) is 7.05. The van der Waals surface area contributed by atoms with Crippen LogP contribution in [0.5, 0.6) is 0 Å². The molecule has 0 rings (SSSR count). The lowest BCUT2D eigenvalue weighted by Crippen LogP contribution is -2.35. The molecule has 0 bridgehead atoms. The van der Waals surface area contributed by atoms with Crippen LogP contribution in [0, 0.1) is 0 Å². The summed E-state index contributed by atoms with van der Waals surface area (Å²) in [6.07, 6.45) is 0. The molecule has 0 saturated heterocycles. The molecule has 0 atom stereocenters. The van der Waals surface area contributed by atoms with Gasteiger partial charge in [-0.2, -0.15) is 0 Å². The third kappa shape index (κ3) is 8.94. The van der Waals surface area contributed by atoms with Crippen LogP contribution in [0.4, 0.5) is 0 Å². The lowest BCUT2D eigenvalue weighted by Gasteiger charge is -2.24. The zero-order chi connectivity index (χ0) is 10.3. The van der Waals surface area contributed by atoms with E-state index in [-0.39, 0.29) is 11.4 Å². The molecular weight excluding hydrogens is 202 g/mol. The topological polar surface area (TPSA) is 32.3 Å². The van der Waals surface area contributed by atoms with E-state index >= 15 is 0 Å². The van der Waals surface area contributed by atoms with Gasteiger partial charge in [0.05, 0.1) is 6.61 Å². The summed E-state index contributed by atoms with van der Waals surface area (Å²) in [6.45, 7) is 10.0. The highest BCUT2D eigenvalue weighted by molar-refractivity contribution is 8.77. The largest absolute Gasteiger partial charge is 0.395 e. The van der Waals surface area contributed by atoms with E-state index in [1.54, 1.807) is 10.8 Å². The monoisotopic (exact) mass is 223 g/mol. The van der Waals surface area contributed by atoms with E-state index < -0.39 is 0 Å². The van der Waals surface area contributed by atoms with E-state index in [4.69, 9.17) is 5.11 Å². The van der Waals surface area contributed by atoms with Crippen LogP contribution in [-0.2, 0) is 0 Å². The molecule has 0 aromatic heterocycles. The van der Waals surface area contributed by atoms with Crippen LogP contribution in [0.1, 0.15) is 27.7 Å². The minimum atomic E-state index is 0.240. The van der Waals surface area contributed by atoms with Crippen molar-refractivity contribution in [2.24, 2.45) is 0 Å². The lowest BCUT2D eigenvalue weighted by molar-refractivity contribution is 0.323. The highest BCUT2D eigenvalue weighted by Gasteiger charge is 2.18. The Labute approximate surface area is 89.6 Å². The van der Waals surface area contributed by atoms with Crippen LogP contribution in [0.3, 0.4) is 0 Å². The lowest BCUT2D eigenvalue weighted by atomic mass is 10.2. The van der Waals surface area contributed by atoms with Crippen molar-refractivity contribution in [3.8, 4) is 0 Å². The number of aliphatic hydroxyl groups is 1. The van der Waals surface area contributed by atoms with E-state index in [9.17, 15) is 0 Å². The van der Waals surface area contributed by atoms with Gasteiger partial charge in [-0.1, -0.05) is 35.4 Å². The SMILES string of the molecule is CC(C)NCC(C)(C)SSCCO. The zero-order valence-electron chi connectivity index (χ0n) is 8.96. The van der Waals surface area contributed by atoms with Crippen molar-refractivity contribution in [1.29, 1.82) is 0 Å². The molecule has 0 amide bonds. The average Bonchev–Trinajstić information content (AvgIpc) is 2.02. The molecule has 4 heteroatoms. The van der Waals surface area contributed by atoms with Gasteiger partial charge in [0.1, 0.15) is 0 Å². The van der Waals surface area contributed by atoms with Crippen molar-refractivity contribution in [1.82, 2.24) is 5.32 Å². The van der Waals surface area contributed by atoms with Crippen LogP contribution in [0.2, 0.25) is 0 Å². The molecule has 0 unspecified atom stereocenters. The van der Waals surface area contributed by atoms with Gasteiger partial charge in [-0.05, 0) is 13.8 Å². The fraction of sp³-hybridized carbons (Fsp3) is 1.00. The number of aliphatic hydroxyl groups excluding tert-OH is 1. The van der Waals surface area contributed by atoms with Gasteiger partial charge in [0.2, 0.25) is 0 Å². The third-order valence-electron chi connectivity index (χ3n) is 1.40. The smallest absolute Gasteiger partial charge is 0.0530 e. The Hall–Kier alpha value is 0.620. The second-order valence-electron chi connectivity index (χ2n) is 3.92. The molecule has 0 radical (unpaired) electrons. The Morgan fingerprint density at radius 2 is 2.00 bits per heavy atom. The maximum atomic E-state index is 8.63. The Kier molecular flexibility index (Phi) is 7.32. The summed E-state index contributed by atoms with van der Waals surface area (Å²) in [7, 11) is 3.58. The van der Waals surface area contributed by atoms with Gasteiger partial charge in [0.25, 0.3) is 0 Å². The van der Waals surface area contributed by atoms with Crippen LogP contribution in [-0.4, -0.2) is 34.8 Å². The van der Waals surface area contributed by atoms with Gasteiger partial charge in [0, 0.05) is 23.1 Å². The van der Waals surface area contributed by atoms with Crippen LogP contribution in [0.25, 0.3) is 0 Å². The molecule has 0 aromatic carbocycles. The van der Waals surface area contributed by atoms with Gasteiger partial charge >= 0.3 is 0 Å². The average molecular weight is 223 g/mol. The number of hydrogen-bond acceptors (Lipinski definition) is 4. The van der Waals surface area contributed by atoms with E-state index in [0.29, 0.717) is 6.04 Å². The zero-order valence-corrected chi connectivity index (χ0v) is 10.6. The minimum absolute atomic E-state index is 0.240. The molecule has 0 aliphatic heterocycles. The maximum absolute atomic E-state index is 8.63. The summed E-state index contributed by atoms with van der Waals surface area (Å²) in [5, 5.41) is 12.0. The molecule has 0 fully saturated rings. The molecule has 0 aliphatic rings. The van der Waals surface area contributed by atoms with Crippen molar-refractivity contribution in [2.45, 2.75) is 38.5 Å². The molecule has 2 N–H and O–H groups in total. The molecule has 80 valence electrons. The van der Waals surface area contributed by atoms with Crippen molar-refractivity contribution in [3.63, 3.8) is 0 Å². The standard InChI is InChI=1S/C9H21NOS2/c1-8(2)10-7-9(3,4)13-12-6-5-11/h8,10-11H,5-7H2,1-4H3. The van der Waals surface area contributed by atoms with E-state index in [1.165, 1.54) is 0 Å². The van der Waals surface area contributed by atoms with Crippen molar-refractivity contribution >= 4 is 21.6 Å². The normalized spacial score (nSPS) is 12.5. The first kappa shape index (κ1) is 13.6. The summed E-state index contributed by atoms with van der Waals surface area (Å²) in [6, 6.07) is 0.544. The first-order chi connectivity index (χ1) is 5.98. The summed E-state index contributed by atoms with van der Waals surface area (Å²) < 4.78 is 0.240. The third-order valence-corrected chi connectivity index (χ3v) is 4.66. The van der Waals surface area contributed by atoms with Gasteiger partial charge in [-0.15, -0.1) is 0 Å². The second kappa shape index (κ2) is 6.98. The number of nitrogens with one attached hydrogen (secondary N) is 1. The van der Waals surface area contributed by atoms with Crippen molar-refractivity contribution in [2.75, 3.05) is 18.9 Å². The Bertz CT molecular complexity index is 129. The highest BCUT2D eigenvalue weighted by Crippen LogP contribution is 2.34. The Balaban J connectivity index is 3.54. The molecule has 0 aliphatic carbocycles. The molecule has 13 heavy (non-hydrogen) atoms. The molecule has 0 saturated carbocycles. The maximum Gasteiger partial charge on any atom is 0.0530 e. The Morgan fingerprint density at radius 3 is 2.46 bits per heavy atom. The van der Waals surface area contributed by atoms with Gasteiger partial charge < -0.3 is 10.4 Å². The molecular formula is C9H21NOS2. The molecule has 2 nitrogen and oxygen atoms in total. The fourth-order valence-corrected chi connectivity index (χ4v) is 2.94. The van der Waals surface area contributed by atoms with Gasteiger partial charge in [-0.25, -0.2) is 0 Å². The molecule has 0 spiro atoms. The van der Waals surface area contributed by atoms with Crippen molar-refractivity contribution in [3.05, 3.63) is 0 Å². The van der Waals surface area contributed by atoms with Crippen molar-refractivity contribution < 1.29 is 5.11 Å². The van der Waals surface area contributed by atoms with E-state index in [2.05, 4.69) is 33.0 Å². The fourth-order valence-electron chi connectivity index (χ4n) is 0.718. The van der Waals surface area contributed by atoms with E-state index in [1.807, 2.05) is 10.8 Å². The summed E-state index contributed by atoms with van der Waals surface area (Å²) in [5.74, 6) is 0.815. The molecule has 0 heterocycles. The quantitative estimate of drug-likeness (QED) is 0.512.